The fourth-order valence-electron chi connectivity index (χ4n) is 14.6. The Bertz CT molecular complexity index is 4670. The molecule has 2 aliphatic rings. The molecule has 0 saturated carbocycles. The molecule has 0 fully saturated rings. The Morgan fingerprint density at radius 1 is 0.527 bits per heavy atom. The van der Waals surface area contributed by atoms with Crippen molar-refractivity contribution < 1.29 is 107 Å². The van der Waals surface area contributed by atoms with Gasteiger partial charge in [0.1, 0.15) is 72.5 Å². The summed E-state index contributed by atoms with van der Waals surface area (Å²) in [4.78, 5) is 258. The van der Waals surface area contributed by atoms with E-state index in [9.17, 15) is 92.3 Å². The largest absolute Gasteiger partial charge is 0.481 e. The first kappa shape index (κ1) is 106. The number of nitrogens with two attached hydrogens (primary N) is 3. The van der Waals surface area contributed by atoms with Crippen LogP contribution >= 0.6 is 11.8 Å². The number of carbonyl (C=O) groups is 18. The summed E-state index contributed by atoms with van der Waals surface area (Å²) in [6.07, 6.45) is -6.18. The van der Waals surface area contributed by atoms with E-state index >= 15 is 14.4 Å². The molecule has 4 aromatic rings. The van der Waals surface area contributed by atoms with Crippen LogP contribution in [0, 0.1) is 11.3 Å². The third-order valence-electron chi connectivity index (χ3n) is 21.6. The van der Waals surface area contributed by atoms with E-state index in [2.05, 4.69) is 74.4 Å². The Morgan fingerprint density at radius 2 is 1.03 bits per heavy atom. The number of amides is 15. The smallest absolute Gasteiger partial charge is 0.305 e. The molecule has 4 bridgehead atoms. The van der Waals surface area contributed by atoms with Crippen LogP contribution in [0.5, 0.6) is 0 Å². The maximum atomic E-state index is 15.4. The third-order valence-corrected chi connectivity index (χ3v) is 22.7. The van der Waals surface area contributed by atoms with Gasteiger partial charge in [0.25, 0.3) is 0 Å². The van der Waals surface area contributed by atoms with Crippen molar-refractivity contribution in [2.45, 2.75) is 249 Å². The predicted molar refractivity (Wildman–Crippen MR) is 474 cm³/mol. The number of nitrogens with zero attached hydrogens (tertiary/aromatic N) is 2. The number of carbonyl (C=O) groups excluding carboxylic acids is 15. The average molecular weight is 1820 g/mol. The summed E-state index contributed by atoms with van der Waals surface area (Å²) in [5.41, 5.74) is 19.0. The van der Waals surface area contributed by atoms with Crippen molar-refractivity contribution in [3.05, 3.63) is 119 Å². The molecular formula is C87H125N19O22S. The van der Waals surface area contributed by atoms with Gasteiger partial charge in [-0.05, 0) is 117 Å². The van der Waals surface area contributed by atoms with Gasteiger partial charge in [0, 0.05) is 63.1 Å². The van der Waals surface area contributed by atoms with Gasteiger partial charge < -0.3 is 112 Å². The second kappa shape index (κ2) is 50.5. The molecule has 2 aliphatic heterocycles. The summed E-state index contributed by atoms with van der Waals surface area (Å²) in [7, 11) is 3.15. The first-order valence-electron chi connectivity index (χ1n) is 42.6. The van der Waals surface area contributed by atoms with Crippen molar-refractivity contribution in [2.24, 2.45) is 28.5 Å². The molecule has 24 N–H and O–H groups in total. The minimum Gasteiger partial charge on any atom is -0.481 e. The molecule has 0 aliphatic carbocycles. The lowest BCUT2D eigenvalue weighted by Gasteiger charge is -2.33. The highest BCUT2D eigenvalue weighted by Crippen LogP contribution is 2.25. The van der Waals surface area contributed by atoms with Crippen molar-refractivity contribution in [1.29, 1.82) is 0 Å². The maximum absolute atomic E-state index is 15.4. The van der Waals surface area contributed by atoms with Gasteiger partial charge in [-0.2, -0.15) is 11.8 Å². The summed E-state index contributed by atoms with van der Waals surface area (Å²) in [5.74, 6) is -21.6. The Kier molecular flexibility index (Phi) is 41.3. The molecule has 15 amide bonds. The molecule has 42 heteroatoms. The summed E-state index contributed by atoms with van der Waals surface area (Å²) in [6.45, 7) is 12.4. The number of likely N-dealkylation sites (N-methyl/N-ethyl adjacent to an activating group) is 2. The van der Waals surface area contributed by atoms with Crippen molar-refractivity contribution >= 4 is 129 Å². The van der Waals surface area contributed by atoms with Crippen LogP contribution in [0.1, 0.15) is 148 Å². The van der Waals surface area contributed by atoms with Crippen LogP contribution < -0.4 is 91.6 Å². The van der Waals surface area contributed by atoms with Gasteiger partial charge in [0.15, 0.2) is 0 Å². The molecule has 4 aromatic carbocycles. The SMILES string of the molecule is CCC[C@@H]1NC(=O)[C@H]2CSCc3cc(cc(c3)CN(C)C[C@H](NC(=O)[C@H](C)N)C(=O)N[C@H](C)C(=O)N[C@@H](CC(N)=O)C(=O)N[C@@H](CCC(=O)O)C(=O)N[C@@H](Cc3cccc4ccccc34)CN[C@H](C)C(=O)N2)CN(C)C[C@@H](C(N)=O)NC(=O)[C@H](C(C)(C)C)NC(=O)[C@H](CC(=O)O)NC(=O)[C@H](CC(C)[C@@H](O)CC)NC(=O)[C@H](Cc2ccccc2)NC(=O)[C@H](CC(=O)O)NC1=O. The number of carboxylic acids is 3. The molecule has 0 radical (unpaired) electrons. The first-order chi connectivity index (χ1) is 60.7. The summed E-state index contributed by atoms with van der Waals surface area (Å²) in [6, 6.07) is 1.88. The van der Waals surface area contributed by atoms with Crippen LogP contribution in [0.25, 0.3) is 10.8 Å². The van der Waals surface area contributed by atoms with E-state index in [0.717, 1.165) is 22.5 Å². The van der Waals surface area contributed by atoms with E-state index < -0.39 is 253 Å². The number of benzene rings is 4. The van der Waals surface area contributed by atoms with E-state index in [4.69, 9.17) is 17.2 Å². The van der Waals surface area contributed by atoms with Crippen LogP contribution in [-0.4, -0.2) is 273 Å². The van der Waals surface area contributed by atoms with E-state index in [1.807, 2.05) is 24.3 Å². The Hall–Kier alpha value is -12.2. The molecule has 1 unspecified atom stereocenters. The molecule has 41 nitrogen and oxygen atoms in total. The maximum Gasteiger partial charge on any atom is 0.305 e. The topological polar surface area (TPSA) is 641 Å². The second-order valence-electron chi connectivity index (χ2n) is 34.1. The quantitative estimate of drug-likeness (QED) is 0.0371. The van der Waals surface area contributed by atoms with Gasteiger partial charge in [0.2, 0.25) is 88.6 Å². The number of primary amides is 2. The first-order valence-corrected chi connectivity index (χ1v) is 43.8. The monoisotopic (exact) mass is 1820 g/mol. The molecule has 706 valence electrons. The Morgan fingerprint density at radius 3 is 1.61 bits per heavy atom. The summed E-state index contributed by atoms with van der Waals surface area (Å²) in [5, 5.41) is 79.6. The molecule has 2 heterocycles. The molecule has 0 saturated heterocycles. The number of hydrogen-bond acceptors (Lipinski definition) is 24. The van der Waals surface area contributed by atoms with Gasteiger partial charge in [-0.15, -0.1) is 0 Å². The minimum absolute atomic E-state index is 0.00119. The normalized spacial score (nSPS) is 25.2. The van der Waals surface area contributed by atoms with Gasteiger partial charge in [-0.3, -0.25) is 96.1 Å². The van der Waals surface area contributed by atoms with E-state index in [-0.39, 0.29) is 76.3 Å². The molecule has 129 heavy (non-hydrogen) atoms. The molecule has 0 aromatic heterocycles. The molecular weight excluding hydrogens is 1700 g/mol. The lowest BCUT2D eigenvalue weighted by molar-refractivity contribution is -0.142. The number of aliphatic hydroxyl groups excluding tert-OH is 1. The molecule has 17 atom stereocenters. The lowest BCUT2D eigenvalue weighted by Crippen LogP contribution is -2.62. The van der Waals surface area contributed by atoms with Crippen LogP contribution in [0.3, 0.4) is 0 Å². The van der Waals surface area contributed by atoms with E-state index in [1.165, 1.54) is 48.5 Å². The fourth-order valence-corrected chi connectivity index (χ4v) is 15.6. The number of nitrogens with one attached hydrogen (secondary N) is 14. The highest BCUT2D eigenvalue weighted by molar-refractivity contribution is 7.98. The number of fused-ring (bicyclic) bond motifs is 6. The van der Waals surface area contributed by atoms with Crippen LogP contribution in [0.4, 0.5) is 0 Å². The Labute approximate surface area is 751 Å². The number of aliphatic hydroxyl groups is 1. The second-order valence-corrected chi connectivity index (χ2v) is 35.1. The number of rotatable bonds is 22. The number of hydrogen-bond donors (Lipinski definition) is 21. The number of aliphatic carboxylic acids is 3. The van der Waals surface area contributed by atoms with Gasteiger partial charge in [-0.25, -0.2) is 0 Å². The third kappa shape index (κ3) is 34.7. The van der Waals surface area contributed by atoms with Crippen LogP contribution in [0.15, 0.2) is 91.0 Å². The summed E-state index contributed by atoms with van der Waals surface area (Å²) < 4.78 is 0. The zero-order chi connectivity index (χ0) is 95.8. The fraction of sp³-hybridized carbons (Fsp3) is 0.540. The van der Waals surface area contributed by atoms with Crippen LogP contribution in [-0.2, 0) is 118 Å². The highest BCUT2D eigenvalue weighted by atomic mass is 32.2. The lowest BCUT2D eigenvalue weighted by atomic mass is 9.85. The molecule has 0 spiro atoms. The standard InChI is InChI=1S/C87H125N19O22S/c1-12-20-57-78(120)99-62(36-70(111)112)82(124)98-60(33-49-21-15-14-16-22-49)80(122)97-59(29-45(3)67(107)13-2)79(121)100-63(37-71(113)114)83(125)104-72(87(7,8)9)86(128)101-64(73(90)115)41-105(10)39-50-30-51-32-52(31-50)43-129-44-66(85(127)94-57)103-75(117)47(5)91-38-55(34-54-25-19-24-53-23-17-18-26-56(53)54)93-77(119)58(27-28-69(109)110)95-81(123)61(35-68(89)108)96-76(118)48(6)92-84(126)65(42-106(11)40-51)102-74(116)46(4)88/h14-19,21-26,30-32,45-48,55,57-67,72,91,107H,12-13,20,27-29,33-44,88H2,1-11H3,(H2,89,108)(H2,90,115)(H,92,126)(H,93,119)(H,94,127)(H,95,123)(H,96,118)(H,97,122)(H,98,124)(H,99,120)(H,100,121)(H,101,128)(H,102,116)(H,103,117)(H,104,125)(H,109,110)(H,111,112)(H,113,114)/t45?,46-,47+,48+,55-,57-,58-,59-,60-,61-,62-,63-,64-,65-,66+,67-,72+/m0/s1. The van der Waals surface area contributed by atoms with Crippen molar-refractivity contribution in [2.75, 3.05) is 39.5 Å². The van der Waals surface area contributed by atoms with E-state index in [0.29, 0.717) is 27.8 Å². The van der Waals surface area contributed by atoms with Gasteiger partial charge >= 0.3 is 17.9 Å². The zero-order valence-corrected chi connectivity index (χ0v) is 75.2. The highest BCUT2D eigenvalue weighted by Gasteiger charge is 2.42. The van der Waals surface area contributed by atoms with Crippen molar-refractivity contribution in [1.82, 2.24) is 84.2 Å². The zero-order valence-electron chi connectivity index (χ0n) is 74.4. The Balaban J connectivity index is 1.56. The average Bonchev–Trinajstić information content (AvgIpc) is 0.849. The number of thioether (sulfide) groups is 1. The van der Waals surface area contributed by atoms with Gasteiger partial charge in [0.05, 0.1) is 37.5 Å². The van der Waals surface area contributed by atoms with Gasteiger partial charge in [-0.1, -0.05) is 139 Å². The number of carboxylic acid groups (broad SMARTS) is 3. The van der Waals surface area contributed by atoms with E-state index in [1.54, 1.807) is 104 Å². The predicted octanol–water partition coefficient (Wildman–Crippen LogP) is -3.08. The minimum atomic E-state index is -2.03. The van der Waals surface area contributed by atoms with Crippen LogP contribution in [0.2, 0.25) is 0 Å². The summed E-state index contributed by atoms with van der Waals surface area (Å²) >= 11 is 1.10. The van der Waals surface area contributed by atoms with Crippen molar-refractivity contribution in [3.63, 3.8) is 0 Å². The molecule has 6 rings (SSSR count). The van der Waals surface area contributed by atoms with Crippen molar-refractivity contribution in [3.8, 4) is 0 Å².